The first-order valence-corrected chi connectivity index (χ1v) is 12.0. The molecule has 1 heterocycles. The van der Waals surface area contributed by atoms with E-state index >= 15 is 0 Å². The smallest absolute Gasteiger partial charge is 0.335 e. The van der Waals surface area contributed by atoms with Gasteiger partial charge in [-0.2, -0.15) is 0 Å². The minimum absolute atomic E-state index is 0.183. The van der Waals surface area contributed by atoms with Crippen molar-refractivity contribution in [3.8, 4) is 0 Å². The second kappa shape index (κ2) is 13.2. The van der Waals surface area contributed by atoms with Crippen LogP contribution in [-0.2, 0) is 41.0 Å². The van der Waals surface area contributed by atoms with Gasteiger partial charge < -0.3 is 23.3 Å². The van der Waals surface area contributed by atoms with Gasteiger partial charge in [0.15, 0.2) is 6.29 Å². The van der Waals surface area contributed by atoms with Crippen LogP contribution in [0.3, 0.4) is 0 Å². The van der Waals surface area contributed by atoms with Gasteiger partial charge in [0.1, 0.15) is 6.10 Å². The quantitative estimate of drug-likeness (QED) is 0.394. The Kier molecular flexibility index (Phi) is 10.4. The van der Waals surface area contributed by atoms with E-state index in [2.05, 4.69) is 24.3 Å². The molecule has 7 heteroatoms. The number of ether oxygens (including phenoxy) is 3. The lowest BCUT2D eigenvalue weighted by molar-refractivity contribution is -0.245. The minimum Gasteiger partial charge on any atom is -0.371 e. The molecule has 170 valence electrons. The van der Waals surface area contributed by atoms with Crippen LogP contribution in [0.5, 0.6) is 0 Å². The summed E-state index contributed by atoms with van der Waals surface area (Å²) in [5, 5.41) is 0. The first-order chi connectivity index (χ1) is 15.2. The summed E-state index contributed by atoms with van der Waals surface area (Å²) in [5.74, 6) is 0. The van der Waals surface area contributed by atoms with Gasteiger partial charge in [0.2, 0.25) is 0 Å². The molecule has 1 aliphatic heterocycles. The van der Waals surface area contributed by atoms with E-state index in [0.29, 0.717) is 32.8 Å². The molecular weight excluding hydrogens is 415 g/mol. The third-order valence-corrected chi connectivity index (χ3v) is 6.23. The second-order valence-electron chi connectivity index (χ2n) is 7.27. The van der Waals surface area contributed by atoms with E-state index in [1.54, 1.807) is 0 Å². The first-order valence-electron chi connectivity index (χ1n) is 10.9. The highest BCUT2D eigenvalue weighted by Gasteiger charge is 2.40. The molecule has 0 aromatic heterocycles. The number of hydrogen-bond donors (Lipinski definition) is 0. The molecule has 2 aromatic rings. The summed E-state index contributed by atoms with van der Waals surface area (Å²) in [4.78, 5) is 0. The van der Waals surface area contributed by atoms with E-state index in [1.165, 1.54) is 0 Å². The lowest BCUT2D eigenvalue weighted by atomic mass is 10.0. The lowest BCUT2D eigenvalue weighted by Gasteiger charge is -2.40. The molecule has 1 unspecified atom stereocenters. The topological polar surface area (TPSA) is 55.4 Å². The van der Waals surface area contributed by atoms with Crippen LogP contribution in [0.2, 0.25) is 0 Å². The molecule has 1 fully saturated rings. The molecule has 0 bridgehead atoms. The molecule has 0 aliphatic carbocycles. The fourth-order valence-electron chi connectivity index (χ4n) is 3.42. The van der Waals surface area contributed by atoms with Gasteiger partial charge in [0.25, 0.3) is 0 Å². The van der Waals surface area contributed by atoms with Crippen LogP contribution in [-0.4, -0.2) is 37.8 Å². The van der Waals surface area contributed by atoms with Crippen molar-refractivity contribution in [3.05, 3.63) is 71.8 Å². The Morgan fingerprint density at radius 2 is 1.39 bits per heavy atom. The van der Waals surface area contributed by atoms with Crippen molar-refractivity contribution in [2.45, 2.75) is 65.0 Å². The van der Waals surface area contributed by atoms with Gasteiger partial charge >= 0.3 is 8.60 Å². The van der Waals surface area contributed by atoms with Crippen molar-refractivity contribution in [2.75, 3.05) is 13.2 Å². The molecule has 3 rings (SSSR count). The van der Waals surface area contributed by atoms with E-state index in [4.69, 9.17) is 27.8 Å². The Balaban J connectivity index is 1.65. The van der Waals surface area contributed by atoms with Crippen molar-refractivity contribution < 1.29 is 27.8 Å². The molecule has 31 heavy (non-hydrogen) atoms. The zero-order valence-corrected chi connectivity index (χ0v) is 19.4. The maximum Gasteiger partial charge on any atom is 0.335 e. The maximum absolute atomic E-state index is 6.31. The lowest BCUT2D eigenvalue weighted by Crippen LogP contribution is -2.49. The average Bonchev–Trinajstić information content (AvgIpc) is 2.79. The second-order valence-corrected chi connectivity index (χ2v) is 8.44. The van der Waals surface area contributed by atoms with Crippen molar-refractivity contribution in [1.82, 2.24) is 0 Å². The fraction of sp³-hybridized carbons (Fsp3) is 0.500. The maximum atomic E-state index is 6.31. The molecule has 6 nitrogen and oxygen atoms in total. The van der Waals surface area contributed by atoms with E-state index in [-0.39, 0.29) is 18.3 Å². The highest BCUT2D eigenvalue weighted by molar-refractivity contribution is 7.41. The van der Waals surface area contributed by atoms with Gasteiger partial charge in [-0.1, -0.05) is 60.7 Å². The Bertz CT molecular complexity index is 725. The van der Waals surface area contributed by atoms with Crippen LogP contribution in [0.1, 0.15) is 38.3 Å². The van der Waals surface area contributed by atoms with Crippen LogP contribution >= 0.6 is 8.60 Å². The van der Waals surface area contributed by atoms with Crippen LogP contribution in [0, 0.1) is 0 Å². The molecule has 0 saturated carbocycles. The monoisotopic (exact) mass is 448 g/mol. The third kappa shape index (κ3) is 7.92. The van der Waals surface area contributed by atoms with Gasteiger partial charge in [-0.05, 0) is 31.9 Å². The molecule has 0 amide bonds. The summed E-state index contributed by atoms with van der Waals surface area (Å²) >= 11 is 0. The first kappa shape index (κ1) is 24.3. The zero-order chi connectivity index (χ0) is 21.9. The normalized spacial score (nSPS) is 23.9. The predicted octanol–water partition coefficient (Wildman–Crippen LogP) is 5.61. The van der Waals surface area contributed by atoms with Crippen LogP contribution in [0.4, 0.5) is 0 Å². The van der Waals surface area contributed by atoms with Gasteiger partial charge in [-0.3, -0.25) is 4.52 Å². The van der Waals surface area contributed by atoms with Crippen LogP contribution < -0.4 is 0 Å². The van der Waals surface area contributed by atoms with Gasteiger partial charge in [-0.15, -0.1) is 0 Å². The summed E-state index contributed by atoms with van der Waals surface area (Å²) in [6.45, 7) is 7.87. The Hall–Kier alpha value is -1.37. The SMILES string of the molecule is CCOP(OCC)OC1C[C@@H](OCc2ccccc2)[C@H](OCc2ccccc2)[C@@H](C)O1. The van der Waals surface area contributed by atoms with E-state index in [1.807, 2.05) is 57.2 Å². The third-order valence-electron chi connectivity index (χ3n) is 4.89. The van der Waals surface area contributed by atoms with Crippen molar-refractivity contribution >= 4 is 8.60 Å². The highest BCUT2D eigenvalue weighted by atomic mass is 31.2. The Labute approximate surface area is 186 Å². The largest absolute Gasteiger partial charge is 0.371 e. The molecule has 0 N–H and O–H groups in total. The minimum atomic E-state index is -1.45. The summed E-state index contributed by atoms with van der Waals surface area (Å²) < 4.78 is 35.9. The Morgan fingerprint density at radius 3 is 1.94 bits per heavy atom. The van der Waals surface area contributed by atoms with Crippen molar-refractivity contribution in [1.29, 1.82) is 0 Å². The summed E-state index contributed by atoms with van der Waals surface area (Å²) in [5.41, 5.74) is 2.23. The summed E-state index contributed by atoms with van der Waals surface area (Å²) in [6.07, 6.45) is -0.540. The predicted molar refractivity (Wildman–Crippen MR) is 120 cm³/mol. The summed E-state index contributed by atoms with van der Waals surface area (Å²) in [7, 11) is -1.45. The van der Waals surface area contributed by atoms with Gasteiger partial charge in [0.05, 0.1) is 38.6 Å². The molecular formula is C24H33O6P. The zero-order valence-electron chi connectivity index (χ0n) is 18.5. The number of rotatable bonds is 12. The highest BCUT2D eigenvalue weighted by Crippen LogP contribution is 2.43. The van der Waals surface area contributed by atoms with E-state index in [9.17, 15) is 0 Å². The van der Waals surface area contributed by atoms with E-state index < -0.39 is 14.9 Å². The molecule has 0 spiro atoms. The molecule has 1 aliphatic rings. The standard InChI is InChI=1S/C24H33O6P/c1-4-27-31(28-5-2)30-23-16-22(25-17-20-12-8-6-9-13-20)24(19(3)29-23)26-18-21-14-10-7-11-15-21/h6-15,19,22-24H,4-5,16-18H2,1-3H3/t19-,22-,23?,24-/m1/s1. The number of hydrogen-bond acceptors (Lipinski definition) is 6. The molecule has 4 atom stereocenters. The average molecular weight is 448 g/mol. The summed E-state index contributed by atoms with van der Waals surface area (Å²) in [6, 6.07) is 20.3. The van der Waals surface area contributed by atoms with Gasteiger partial charge in [-0.25, -0.2) is 0 Å². The van der Waals surface area contributed by atoms with Crippen molar-refractivity contribution in [3.63, 3.8) is 0 Å². The molecule has 1 saturated heterocycles. The number of benzene rings is 2. The van der Waals surface area contributed by atoms with Crippen LogP contribution in [0.25, 0.3) is 0 Å². The Morgan fingerprint density at radius 1 is 0.839 bits per heavy atom. The molecule has 2 aromatic carbocycles. The molecule has 0 radical (unpaired) electrons. The van der Waals surface area contributed by atoms with Crippen LogP contribution in [0.15, 0.2) is 60.7 Å². The fourth-order valence-corrected chi connectivity index (χ4v) is 4.37. The van der Waals surface area contributed by atoms with Crippen molar-refractivity contribution in [2.24, 2.45) is 0 Å². The van der Waals surface area contributed by atoms with E-state index in [0.717, 1.165) is 11.1 Å². The van der Waals surface area contributed by atoms with Gasteiger partial charge in [0, 0.05) is 6.42 Å².